The number of halogens is 1. The van der Waals surface area contributed by atoms with Crippen LogP contribution in [0.15, 0.2) is 49.1 Å². The van der Waals surface area contributed by atoms with Gasteiger partial charge in [0.25, 0.3) is 0 Å². The van der Waals surface area contributed by atoms with E-state index in [1.165, 1.54) is 0 Å². The number of aromatic nitrogens is 6. The van der Waals surface area contributed by atoms with Crippen molar-refractivity contribution >= 4 is 44.1 Å². The number of imidazole rings is 1. The average molecular weight is 472 g/mol. The van der Waals surface area contributed by atoms with E-state index in [0.29, 0.717) is 22.7 Å². The molecule has 166 valence electrons. The SMILES string of the molecule is CC(C)n1cnc2c(Nc3cnn(C(c4ccccc4)C4CS(=O)(=O)C4)c3)nc(Cl)nc21. The van der Waals surface area contributed by atoms with Gasteiger partial charge in [-0.2, -0.15) is 15.1 Å². The van der Waals surface area contributed by atoms with Crippen molar-refractivity contribution in [3.8, 4) is 0 Å². The topological polar surface area (TPSA) is 108 Å². The monoisotopic (exact) mass is 471 g/mol. The third kappa shape index (κ3) is 3.84. The van der Waals surface area contributed by atoms with E-state index in [9.17, 15) is 8.42 Å². The van der Waals surface area contributed by atoms with Crippen molar-refractivity contribution in [2.45, 2.75) is 25.9 Å². The maximum Gasteiger partial charge on any atom is 0.226 e. The molecule has 1 fully saturated rings. The normalized spacial score (nSPS) is 16.9. The Morgan fingerprint density at radius 3 is 2.59 bits per heavy atom. The van der Waals surface area contributed by atoms with Crippen LogP contribution in [0.4, 0.5) is 11.5 Å². The van der Waals surface area contributed by atoms with Crippen LogP contribution in [0.3, 0.4) is 0 Å². The summed E-state index contributed by atoms with van der Waals surface area (Å²) >= 11 is 6.17. The van der Waals surface area contributed by atoms with Crippen LogP contribution in [0, 0.1) is 5.92 Å². The molecule has 4 heterocycles. The maximum atomic E-state index is 11.8. The van der Waals surface area contributed by atoms with Crippen molar-refractivity contribution in [1.82, 2.24) is 29.3 Å². The highest BCUT2D eigenvalue weighted by Gasteiger charge is 2.40. The molecule has 32 heavy (non-hydrogen) atoms. The zero-order chi connectivity index (χ0) is 22.5. The van der Waals surface area contributed by atoms with Gasteiger partial charge in [-0.15, -0.1) is 0 Å². The van der Waals surface area contributed by atoms with Crippen molar-refractivity contribution in [2.75, 3.05) is 16.8 Å². The third-order valence-electron chi connectivity index (χ3n) is 5.62. The Kier molecular flexibility index (Phi) is 5.13. The Morgan fingerprint density at radius 2 is 1.91 bits per heavy atom. The zero-order valence-corrected chi connectivity index (χ0v) is 19.1. The second-order valence-electron chi connectivity index (χ2n) is 8.29. The first-order valence-corrected chi connectivity index (χ1v) is 12.5. The van der Waals surface area contributed by atoms with Crippen LogP contribution in [-0.2, 0) is 9.84 Å². The van der Waals surface area contributed by atoms with Gasteiger partial charge < -0.3 is 9.88 Å². The molecule has 0 saturated carbocycles. The van der Waals surface area contributed by atoms with Crippen molar-refractivity contribution in [3.63, 3.8) is 0 Å². The smallest absolute Gasteiger partial charge is 0.226 e. The quantitative estimate of drug-likeness (QED) is 0.428. The standard InChI is InChI=1S/C21H22ClN7O2S/c1-13(2)28-12-23-17-19(26-21(22)27-20(17)28)25-16-8-24-29(9-16)18(14-6-4-3-5-7-14)15-10-32(30,31)11-15/h3-9,12-13,15,18H,10-11H2,1-2H3,(H,25,26,27). The van der Waals surface area contributed by atoms with E-state index in [0.717, 1.165) is 5.56 Å². The van der Waals surface area contributed by atoms with Gasteiger partial charge in [-0.3, -0.25) is 4.68 Å². The van der Waals surface area contributed by atoms with E-state index in [4.69, 9.17) is 11.6 Å². The number of benzene rings is 1. The second kappa shape index (κ2) is 7.86. The molecule has 1 atom stereocenters. The van der Waals surface area contributed by atoms with Crippen LogP contribution in [-0.4, -0.2) is 49.2 Å². The van der Waals surface area contributed by atoms with Gasteiger partial charge in [0.1, 0.15) is 0 Å². The van der Waals surface area contributed by atoms with Crippen LogP contribution >= 0.6 is 11.6 Å². The summed E-state index contributed by atoms with van der Waals surface area (Å²) in [6.07, 6.45) is 5.26. The molecule has 11 heteroatoms. The van der Waals surface area contributed by atoms with E-state index < -0.39 is 9.84 Å². The van der Waals surface area contributed by atoms with Crippen LogP contribution in [0.2, 0.25) is 5.28 Å². The molecule has 0 radical (unpaired) electrons. The Hall–Kier alpha value is -2.98. The first-order chi connectivity index (χ1) is 15.3. The van der Waals surface area contributed by atoms with Gasteiger partial charge in [-0.1, -0.05) is 30.3 Å². The summed E-state index contributed by atoms with van der Waals surface area (Å²) in [5.41, 5.74) is 2.98. The summed E-state index contributed by atoms with van der Waals surface area (Å²) in [5.74, 6) is 0.770. The summed E-state index contributed by atoms with van der Waals surface area (Å²) in [7, 11) is -2.97. The molecule has 0 spiro atoms. The molecule has 1 aliphatic rings. The van der Waals surface area contributed by atoms with Gasteiger partial charge in [0.2, 0.25) is 5.28 Å². The minimum atomic E-state index is -2.97. The number of fused-ring (bicyclic) bond motifs is 1. The molecule has 1 saturated heterocycles. The third-order valence-corrected chi connectivity index (χ3v) is 7.66. The highest BCUT2D eigenvalue weighted by atomic mass is 35.5. The molecule has 0 amide bonds. The number of sulfone groups is 1. The van der Waals surface area contributed by atoms with E-state index in [2.05, 4.69) is 25.4 Å². The molecular weight excluding hydrogens is 450 g/mol. The van der Waals surface area contributed by atoms with Crippen LogP contribution in [0.5, 0.6) is 0 Å². The Bertz CT molecular complexity index is 1370. The Labute approximate surface area is 190 Å². The van der Waals surface area contributed by atoms with Gasteiger partial charge in [-0.05, 0) is 31.0 Å². The van der Waals surface area contributed by atoms with E-state index in [1.54, 1.807) is 12.5 Å². The molecule has 3 aromatic heterocycles. The lowest BCUT2D eigenvalue weighted by atomic mass is 9.95. The number of nitrogens with zero attached hydrogens (tertiary/aromatic N) is 6. The summed E-state index contributed by atoms with van der Waals surface area (Å²) in [5, 5.41) is 7.90. The molecule has 1 N–H and O–H groups in total. The number of anilines is 2. The predicted molar refractivity (Wildman–Crippen MR) is 123 cm³/mol. The number of hydrogen-bond donors (Lipinski definition) is 1. The molecule has 9 nitrogen and oxygen atoms in total. The Morgan fingerprint density at radius 1 is 1.16 bits per heavy atom. The number of hydrogen-bond acceptors (Lipinski definition) is 7. The predicted octanol–water partition coefficient (Wildman–Crippen LogP) is 3.63. The van der Waals surface area contributed by atoms with Crippen molar-refractivity contribution < 1.29 is 8.42 Å². The molecule has 0 aliphatic carbocycles. The molecule has 4 aromatic rings. The molecule has 1 aromatic carbocycles. The lowest BCUT2D eigenvalue weighted by molar-refractivity contribution is 0.378. The van der Waals surface area contributed by atoms with Gasteiger partial charge >= 0.3 is 0 Å². The second-order valence-corrected chi connectivity index (χ2v) is 10.8. The van der Waals surface area contributed by atoms with Crippen molar-refractivity contribution in [2.24, 2.45) is 5.92 Å². The largest absolute Gasteiger partial charge is 0.336 e. The van der Waals surface area contributed by atoms with Crippen LogP contribution < -0.4 is 5.32 Å². The molecule has 0 bridgehead atoms. The summed E-state index contributed by atoms with van der Waals surface area (Å²) in [4.78, 5) is 13.1. The molecule has 1 aliphatic heterocycles. The first kappa shape index (κ1) is 20.9. The molecule has 5 rings (SSSR count). The van der Waals surface area contributed by atoms with Crippen LogP contribution in [0.1, 0.15) is 31.5 Å². The number of nitrogens with one attached hydrogen (secondary N) is 1. The Balaban J connectivity index is 1.48. The van der Waals surface area contributed by atoms with Gasteiger partial charge in [-0.25, -0.2) is 13.4 Å². The van der Waals surface area contributed by atoms with Crippen LogP contribution in [0.25, 0.3) is 11.2 Å². The van der Waals surface area contributed by atoms with Gasteiger partial charge in [0, 0.05) is 18.2 Å². The minimum Gasteiger partial charge on any atom is -0.336 e. The summed E-state index contributed by atoms with van der Waals surface area (Å²) in [6.45, 7) is 4.08. The maximum absolute atomic E-state index is 11.8. The lowest BCUT2D eigenvalue weighted by Gasteiger charge is -2.33. The first-order valence-electron chi connectivity index (χ1n) is 10.3. The highest BCUT2D eigenvalue weighted by molar-refractivity contribution is 7.92. The fourth-order valence-corrected chi connectivity index (χ4v) is 5.86. The zero-order valence-electron chi connectivity index (χ0n) is 17.6. The fourth-order valence-electron chi connectivity index (χ4n) is 4.12. The van der Waals surface area contributed by atoms with E-state index in [1.807, 2.05) is 59.6 Å². The average Bonchev–Trinajstić information content (AvgIpc) is 3.35. The minimum absolute atomic E-state index is 0.0305. The molecule has 1 unspecified atom stereocenters. The molecular formula is C21H22ClN7O2S. The van der Waals surface area contributed by atoms with Gasteiger partial charge in [0.05, 0.1) is 35.8 Å². The number of rotatable bonds is 6. The van der Waals surface area contributed by atoms with Gasteiger partial charge in [0.15, 0.2) is 26.8 Å². The lowest BCUT2D eigenvalue weighted by Crippen LogP contribution is -2.42. The summed E-state index contributed by atoms with van der Waals surface area (Å²) in [6, 6.07) is 9.82. The highest BCUT2D eigenvalue weighted by Crippen LogP contribution is 2.35. The van der Waals surface area contributed by atoms with Crippen molar-refractivity contribution in [1.29, 1.82) is 0 Å². The van der Waals surface area contributed by atoms with Crippen molar-refractivity contribution in [3.05, 3.63) is 59.9 Å². The summed E-state index contributed by atoms with van der Waals surface area (Å²) < 4.78 is 27.4. The van der Waals surface area contributed by atoms with E-state index >= 15 is 0 Å². The fraction of sp³-hybridized carbons (Fsp3) is 0.333. The van der Waals surface area contributed by atoms with E-state index in [-0.39, 0.29) is 34.8 Å².